The van der Waals surface area contributed by atoms with Gasteiger partial charge in [-0.15, -0.1) is 0 Å². The van der Waals surface area contributed by atoms with Gasteiger partial charge in [-0.2, -0.15) is 0 Å². The van der Waals surface area contributed by atoms with Crippen LogP contribution < -0.4 is 5.73 Å². The lowest BCUT2D eigenvalue weighted by Gasteiger charge is -2.40. The Labute approximate surface area is 202 Å². The minimum Gasteiger partial charge on any atom is -0.390 e. The molecule has 0 spiro atoms. The number of nitrogens with zero attached hydrogens (tertiary/aromatic N) is 3. The first-order chi connectivity index (χ1) is 16.2. The van der Waals surface area contributed by atoms with Crippen LogP contribution in [0.15, 0.2) is 66.9 Å². The first-order valence-electron chi connectivity index (χ1n) is 11.6. The number of aromatic nitrogens is 2. The van der Waals surface area contributed by atoms with Crippen LogP contribution in [0.2, 0.25) is 0 Å². The van der Waals surface area contributed by atoms with Crippen molar-refractivity contribution in [2.75, 3.05) is 26.8 Å². The van der Waals surface area contributed by atoms with E-state index in [2.05, 4.69) is 37.5 Å². The van der Waals surface area contributed by atoms with E-state index in [1.807, 2.05) is 54.7 Å². The maximum atomic E-state index is 13.2. The third-order valence-corrected chi connectivity index (χ3v) is 5.72. The molecule has 0 radical (unpaired) electrons. The molecule has 182 valence electrons. The highest BCUT2D eigenvalue weighted by Crippen LogP contribution is 2.39. The average Bonchev–Trinajstić information content (AvgIpc) is 3.22. The molecule has 1 heterocycles. The minimum atomic E-state index is -0.850. The molecule has 2 atom stereocenters. The number of aliphatic hydroxyl groups excluding tert-OH is 1. The smallest absolute Gasteiger partial charge is 0.249 e. The molecule has 7 heteroatoms. The number of carbonyl (C=O) groups is 1. The molecule has 3 aromatic rings. The zero-order valence-corrected chi connectivity index (χ0v) is 20.5. The fourth-order valence-electron chi connectivity index (χ4n) is 4.16. The van der Waals surface area contributed by atoms with Crippen molar-refractivity contribution >= 4 is 5.91 Å². The second kappa shape index (κ2) is 11.4. The van der Waals surface area contributed by atoms with E-state index in [1.165, 1.54) is 7.11 Å². The summed E-state index contributed by atoms with van der Waals surface area (Å²) in [5.74, 6) is 0.536. The number of aliphatic hydroxyl groups is 1. The molecule has 2 aromatic carbocycles. The lowest BCUT2D eigenvalue weighted by atomic mass is 9.84. The molecule has 3 rings (SSSR count). The average molecular weight is 465 g/mol. The van der Waals surface area contributed by atoms with Crippen molar-refractivity contribution < 1.29 is 14.6 Å². The minimum absolute atomic E-state index is 0.0569. The summed E-state index contributed by atoms with van der Waals surface area (Å²) in [6, 6.07) is 19.7. The van der Waals surface area contributed by atoms with Crippen LogP contribution in [0, 0.1) is 5.41 Å². The topological polar surface area (TPSA) is 93.6 Å². The van der Waals surface area contributed by atoms with Crippen molar-refractivity contribution in [3.63, 3.8) is 0 Å². The van der Waals surface area contributed by atoms with Crippen molar-refractivity contribution in [1.82, 2.24) is 14.5 Å². The van der Waals surface area contributed by atoms with E-state index in [-0.39, 0.29) is 31.0 Å². The number of ether oxygens (including phenoxy) is 1. The Kier molecular flexibility index (Phi) is 8.61. The van der Waals surface area contributed by atoms with E-state index in [4.69, 9.17) is 15.5 Å². The molecule has 0 aliphatic rings. The number of hydrogen-bond donors (Lipinski definition) is 2. The van der Waals surface area contributed by atoms with Gasteiger partial charge >= 0.3 is 0 Å². The van der Waals surface area contributed by atoms with Crippen LogP contribution in [0.4, 0.5) is 0 Å². The number of hydrogen-bond acceptors (Lipinski definition) is 5. The maximum Gasteiger partial charge on any atom is 0.249 e. The predicted octanol–water partition coefficient (Wildman–Crippen LogP) is 3.48. The Hall–Kier alpha value is -3.00. The number of amides is 1. The van der Waals surface area contributed by atoms with Crippen molar-refractivity contribution in [3.05, 3.63) is 78.2 Å². The summed E-state index contributed by atoms with van der Waals surface area (Å²) in [6.45, 7) is 6.89. The highest BCUT2D eigenvalue weighted by atomic mass is 16.5. The summed E-state index contributed by atoms with van der Waals surface area (Å²) in [5.41, 5.74) is 8.29. The molecule has 1 amide bonds. The van der Waals surface area contributed by atoms with Gasteiger partial charge in [0, 0.05) is 38.5 Å². The van der Waals surface area contributed by atoms with Gasteiger partial charge in [0.1, 0.15) is 12.4 Å². The summed E-state index contributed by atoms with van der Waals surface area (Å²) in [6.07, 6.45) is 1.19. The van der Waals surface area contributed by atoms with Gasteiger partial charge in [-0.25, -0.2) is 4.98 Å². The highest BCUT2D eigenvalue weighted by Gasteiger charge is 2.39. The molecule has 0 unspecified atom stereocenters. The quantitative estimate of drug-likeness (QED) is 0.479. The second-order valence-corrected chi connectivity index (χ2v) is 9.60. The molecule has 0 saturated heterocycles. The van der Waals surface area contributed by atoms with Crippen molar-refractivity contribution in [2.24, 2.45) is 11.1 Å². The van der Waals surface area contributed by atoms with Gasteiger partial charge in [0.05, 0.1) is 17.8 Å². The second-order valence-electron chi connectivity index (χ2n) is 9.60. The third kappa shape index (κ3) is 6.32. The third-order valence-electron chi connectivity index (χ3n) is 5.72. The Morgan fingerprint density at radius 2 is 1.74 bits per heavy atom. The van der Waals surface area contributed by atoms with E-state index < -0.39 is 12.1 Å². The van der Waals surface area contributed by atoms with Crippen LogP contribution in [0.3, 0.4) is 0 Å². The fraction of sp³-hybridized carbons (Fsp3) is 0.407. The van der Waals surface area contributed by atoms with E-state index in [0.29, 0.717) is 6.54 Å². The zero-order chi connectivity index (χ0) is 24.7. The summed E-state index contributed by atoms with van der Waals surface area (Å²) in [4.78, 5) is 19.9. The van der Waals surface area contributed by atoms with Gasteiger partial charge < -0.3 is 25.0 Å². The summed E-state index contributed by atoms with van der Waals surface area (Å²) in [5, 5.41) is 10.4. The van der Waals surface area contributed by atoms with Crippen LogP contribution in [0.5, 0.6) is 0 Å². The normalized spacial score (nSPS) is 13.5. The highest BCUT2D eigenvalue weighted by molar-refractivity contribution is 5.78. The molecule has 0 bridgehead atoms. The molecule has 7 nitrogen and oxygen atoms in total. The molecule has 0 aliphatic carbocycles. The summed E-state index contributed by atoms with van der Waals surface area (Å²) < 4.78 is 7.27. The fourth-order valence-corrected chi connectivity index (χ4v) is 4.16. The van der Waals surface area contributed by atoms with E-state index in [1.54, 1.807) is 4.90 Å². The van der Waals surface area contributed by atoms with Crippen molar-refractivity contribution in [2.45, 2.75) is 39.5 Å². The lowest BCUT2D eigenvalue weighted by Crippen LogP contribution is -2.48. The van der Waals surface area contributed by atoms with Gasteiger partial charge in [0.25, 0.3) is 0 Å². The standard InChI is InChI=1S/C27H36N4O3/c1-27(2,3)25(31(17-22(32)15-28)24(33)19-34-4)26-29-23(21-13-9-6-10-14-21)18-30(26)16-20-11-7-5-8-12-20/h5-14,18,22,25,32H,15-17,19,28H2,1-4H3/t22-,25-/m0/s1. The number of carbonyl (C=O) groups excluding carboxylic acids is 1. The van der Waals surface area contributed by atoms with E-state index in [0.717, 1.165) is 22.6 Å². The molecule has 0 saturated carbocycles. The molecule has 1 aromatic heterocycles. The molecule has 34 heavy (non-hydrogen) atoms. The molecular weight excluding hydrogens is 428 g/mol. The monoisotopic (exact) mass is 464 g/mol. The largest absolute Gasteiger partial charge is 0.390 e. The van der Waals surface area contributed by atoms with E-state index in [9.17, 15) is 9.90 Å². The Morgan fingerprint density at radius 1 is 1.12 bits per heavy atom. The van der Waals surface area contributed by atoms with Crippen molar-refractivity contribution in [1.29, 1.82) is 0 Å². The van der Waals surface area contributed by atoms with Gasteiger partial charge in [-0.1, -0.05) is 81.4 Å². The summed E-state index contributed by atoms with van der Waals surface area (Å²) in [7, 11) is 1.49. The molecule has 3 N–H and O–H groups in total. The number of benzene rings is 2. The van der Waals surface area contributed by atoms with E-state index >= 15 is 0 Å². The number of nitrogens with two attached hydrogens (primary N) is 1. The van der Waals surface area contributed by atoms with Gasteiger partial charge in [0.15, 0.2) is 0 Å². The molecular formula is C27H36N4O3. The SMILES string of the molecule is COCC(=O)N(C[C@@H](O)CN)[C@@H](c1nc(-c2ccccc2)cn1Cc1ccccc1)C(C)(C)C. The molecule has 0 aliphatic heterocycles. The first-order valence-corrected chi connectivity index (χ1v) is 11.6. The molecule has 0 fully saturated rings. The summed E-state index contributed by atoms with van der Waals surface area (Å²) >= 11 is 0. The van der Waals surface area contributed by atoms with Crippen LogP contribution in [0.25, 0.3) is 11.3 Å². The van der Waals surface area contributed by atoms with Crippen LogP contribution in [-0.4, -0.2) is 58.4 Å². The zero-order valence-electron chi connectivity index (χ0n) is 20.5. The number of rotatable bonds is 10. The van der Waals surface area contributed by atoms with Crippen LogP contribution in [0.1, 0.15) is 38.2 Å². The number of imidazole rings is 1. The van der Waals surface area contributed by atoms with Gasteiger partial charge in [-0.3, -0.25) is 4.79 Å². The van der Waals surface area contributed by atoms with Gasteiger partial charge in [0.2, 0.25) is 5.91 Å². The Balaban J connectivity index is 2.16. The van der Waals surface area contributed by atoms with Crippen LogP contribution >= 0.6 is 0 Å². The van der Waals surface area contributed by atoms with Crippen LogP contribution in [-0.2, 0) is 16.1 Å². The Bertz CT molecular complexity index is 1040. The van der Waals surface area contributed by atoms with Crippen molar-refractivity contribution in [3.8, 4) is 11.3 Å². The number of methoxy groups -OCH3 is 1. The first kappa shape index (κ1) is 25.6. The maximum absolute atomic E-state index is 13.2. The lowest BCUT2D eigenvalue weighted by molar-refractivity contribution is -0.142. The van der Waals surface area contributed by atoms with Gasteiger partial charge in [-0.05, 0) is 11.0 Å². The Morgan fingerprint density at radius 3 is 2.29 bits per heavy atom. The predicted molar refractivity (Wildman–Crippen MR) is 134 cm³/mol.